The summed E-state index contributed by atoms with van der Waals surface area (Å²) in [5.74, 6) is 0. The molecule has 7 aromatic carbocycles. The first-order valence-electron chi connectivity index (χ1n) is 17.2. The predicted octanol–water partition coefficient (Wildman–Crippen LogP) is 13.0. The summed E-state index contributed by atoms with van der Waals surface area (Å²) in [5.41, 5.74) is 8.61. The van der Waals surface area contributed by atoms with Gasteiger partial charge in [-0.1, -0.05) is 97.1 Å². The molecule has 0 bridgehead atoms. The van der Waals surface area contributed by atoms with Gasteiger partial charge in [0, 0.05) is 52.5 Å². The minimum atomic E-state index is 0.418. The Morgan fingerprint density at radius 3 is 1.21 bits per heavy atom. The van der Waals surface area contributed by atoms with Crippen molar-refractivity contribution in [2.45, 2.75) is 13.8 Å². The Bertz CT molecular complexity index is 3230. The van der Waals surface area contributed by atoms with E-state index in [-0.39, 0.29) is 0 Å². The summed E-state index contributed by atoms with van der Waals surface area (Å²) < 4.78 is 9.68. The Balaban J connectivity index is 1.43. The molecule has 0 aliphatic heterocycles. The molecule has 0 aliphatic carbocycles. The molecule has 0 aliphatic rings. The Kier molecular flexibility index (Phi) is 5.94. The smallest absolute Gasteiger partial charge is 0.101 e. The molecule has 6 heteroatoms. The average Bonchev–Trinajstić information content (AvgIpc) is 3.93. The number of hydrogen-bond donors (Lipinski definition) is 0. The van der Waals surface area contributed by atoms with Gasteiger partial charge in [-0.2, -0.15) is 10.5 Å². The van der Waals surface area contributed by atoms with Gasteiger partial charge >= 0.3 is 0 Å². The second kappa shape index (κ2) is 10.5. The van der Waals surface area contributed by atoms with Crippen LogP contribution in [0.5, 0.6) is 0 Å². The fourth-order valence-electron chi connectivity index (χ4n) is 8.72. The Morgan fingerprint density at radius 1 is 0.423 bits per heavy atom. The highest BCUT2D eigenvalue weighted by molar-refractivity contribution is 7.27. The lowest BCUT2D eigenvalue weighted by atomic mass is 9.94. The van der Waals surface area contributed by atoms with Crippen molar-refractivity contribution in [1.82, 2.24) is 9.13 Å². The first-order valence-corrected chi connectivity index (χ1v) is 18.9. The van der Waals surface area contributed by atoms with Crippen LogP contribution in [0.15, 0.2) is 121 Å². The van der Waals surface area contributed by atoms with Gasteiger partial charge < -0.3 is 9.13 Å². The third-order valence-corrected chi connectivity index (χ3v) is 13.4. The monoisotopic (exact) mass is 698 g/mol. The van der Waals surface area contributed by atoms with E-state index in [1.807, 2.05) is 36.5 Å². The summed E-state index contributed by atoms with van der Waals surface area (Å²) in [6.45, 7) is 4.04. The summed E-state index contributed by atoms with van der Waals surface area (Å²) in [4.78, 5) is 0. The summed E-state index contributed by atoms with van der Waals surface area (Å²) in [6.07, 6.45) is 0. The maximum atomic E-state index is 10.7. The standard InChI is InChI=1S/C46H26N4S2/c1-25-35(23-47)36(24-48)26(2)42(50-38-16-8-4-12-28(38)32-20-22-34-30-14-6-10-18-40(30)52-46(34)44(32)50)41(25)49-37-15-7-3-11-27(37)31-19-21-33-29-13-5-9-17-39(29)51-45(33)43(31)49/h3-22H,1-2H3. The van der Waals surface area contributed by atoms with Gasteiger partial charge in [-0.05, 0) is 49.2 Å². The first kappa shape index (κ1) is 29.3. The van der Waals surface area contributed by atoms with E-state index in [0.717, 1.165) is 66.1 Å². The van der Waals surface area contributed by atoms with Crippen LogP contribution in [0.2, 0.25) is 0 Å². The zero-order valence-electron chi connectivity index (χ0n) is 28.2. The molecule has 0 atom stereocenters. The molecular weight excluding hydrogens is 673 g/mol. The molecule has 4 aromatic heterocycles. The van der Waals surface area contributed by atoms with Crippen molar-refractivity contribution in [1.29, 1.82) is 10.5 Å². The van der Waals surface area contributed by atoms with E-state index < -0.39 is 0 Å². The number of aromatic nitrogens is 2. The fraction of sp³-hybridized carbons (Fsp3) is 0.0435. The van der Waals surface area contributed by atoms with Crippen LogP contribution in [-0.4, -0.2) is 9.13 Å². The van der Waals surface area contributed by atoms with E-state index in [4.69, 9.17) is 0 Å². The minimum absolute atomic E-state index is 0.418. The lowest BCUT2D eigenvalue weighted by Crippen LogP contribution is -2.11. The van der Waals surface area contributed by atoms with Crippen LogP contribution in [0, 0.1) is 36.5 Å². The number of para-hydroxylation sites is 2. The van der Waals surface area contributed by atoms with Gasteiger partial charge in [0.25, 0.3) is 0 Å². The number of rotatable bonds is 2. The molecule has 242 valence electrons. The first-order chi connectivity index (χ1) is 25.6. The van der Waals surface area contributed by atoms with Crippen LogP contribution in [-0.2, 0) is 0 Å². The molecule has 0 fully saturated rings. The van der Waals surface area contributed by atoms with Gasteiger partial charge in [-0.3, -0.25) is 0 Å². The van der Waals surface area contributed by atoms with Gasteiger partial charge in [0.05, 0.1) is 54.0 Å². The second-order valence-electron chi connectivity index (χ2n) is 13.5. The van der Waals surface area contributed by atoms with E-state index in [1.165, 1.54) is 40.3 Å². The Hall–Kier alpha value is -6.44. The zero-order valence-corrected chi connectivity index (χ0v) is 29.8. The van der Waals surface area contributed by atoms with Crippen LogP contribution in [0.3, 0.4) is 0 Å². The van der Waals surface area contributed by atoms with Crippen molar-refractivity contribution in [3.63, 3.8) is 0 Å². The van der Waals surface area contributed by atoms with Crippen LogP contribution in [0.25, 0.3) is 95.3 Å². The third kappa shape index (κ3) is 3.62. The maximum Gasteiger partial charge on any atom is 0.101 e. The molecule has 4 heterocycles. The molecule has 11 aromatic rings. The third-order valence-electron chi connectivity index (χ3n) is 11.0. The second-order valence-corrected chi connectivity index (χ2v) is 15.6. The molecule has 0 spiro atoms. The summed E-state index contributed by atoms with van der Waals surface area (Å²) >= 11 is 3.62. The Labute approximate surface area is 305 Å². The maximum absolute atomic E-state index is 10.7. The molecular formula is C46H26N4S2. The molecule has 0 saturated carbocycles. The highest BCUT2D eigenvalue weighted by Crippen LogP contribution is 2.48. The minimum Gasteiger partial charge on any atom is -0.305 e. The number of nitriles is 2. The van der Waals surface area contributed by atoms with E-state index in [9.17, 15) is 10.5 Å². The highest BCUT2D eigenvalue weighted by atomic mass is 32.1. The number of nitrogens with zero attached hydrogens (tertiary/aromatic N) is 4. The lowest BCUT2D eigenvalue weighted by molar-refractivity contribution is 1.05. The van der Waals surface area contributed by atoms with E-state index >= 15 is 0 Å². The van der Waals surface area contributed by atoms with Crippen molar-refractivity contribution in [2.75, 3.05) is 0 Å². The predicted molar refractivity (Wildman–Crippen MR) is 220 cm³/mol. The number of thiophene rings is 2. The fourth-order valence-corrected chi connectivity index (χ4v) is 11.2. The molecule has 0 amide bonds. The Morgan fingerprint density at radius 2 is 0.788 bits per heavy atom. The zero-order chi connectivity index (χ0) is 34.8. The van der Waals surface area contributed by atoms with Crippen molar-refractivity contribution >= 4 is 107 Å². The average molecular weight is 699 g/mol. The summed E-state index contributed by atoms with van der Waals surface area (Å²) in [5, 5.41) is 31.0. The quantitative estimate of drug-likeness (QED) is 0.180. The van der Waals surface area contributed by atoms with Crippen LogP contribution in [0.1, 0.15) is 22.3 Å². The van der Waals surface area contributed by atoms with E-state index in [1.54, 1.807) is 0 Å². The molecule has 11 rings (SSSR count). The van der Waals surface area contributed by atoms with Crippen molar-refractivity contribution in [2.24, 2.45) is 0 Å². The van der Waals surface area contributed by atoms with Crippen LogP contribution in [0.4, 0.5) is 0 Å². The number of hydrogen-bond acceptors (Lipinski definition) is 4. The van der Waals surface area contributed by atoms with Crippen molar-refractivity contribution in [3.8, 4) is 23.5 Å². The molecule has 0 radical (unpaired) electrons. The topological polar surface area (TPSA) is 57.4 Å². The molecule has 0 N–H and O–H groups in total. The van der Waals surface area contributed by atoms with Crippen LogP contribution >= 0.6 is 22.7 Å². The van der Waals surface area contributed by atoms with Gasteiger partial charge in [-0.15, -0.1) is 22.7 Å². The van der Waals surface area contributed by atoms with Gasteiger partial charge in [0.15, 0.2) is 0 Å². The van der Waals surface area contributed by atoms with Crippen LogP contribution < -0.4 is 0 Å². The lowest BCUT2D eigenvalue weighted by Gasteiger charge is -2.23. The largest absolute Gasteiger partial charge is 0.305 e. The van der Waals surface area contributed by atoms with E-state index in [2.05, 4.69) is 143 Å². The normalized spacial score (nSPS) is 12.0. The molecule has 52 heavy (non-hydrogen) atoms. The molecule has 0 saturated heterocycles. The van der Waals surface area contributed by atoms with Crippen molar-refractivity contribution in [3.05, 3.63) is 144 Å². The van der Waals surface area contributed by atoms with Gasteiger partial charge in [0.1, 0.15) is 12.1 Å². The number of benzene rings is 7. The summed E-state index contributed by atoms with van der Waals surface area (Å²) in [7, 11) is 0. The molecule has 0 unspecified atom stereocenters. The van der Waals surface area contributed by atoms with Crippen molar-refractivity contribution < 1.29 is 0 Å². The van der Waals surface area contributed by atoms with Gasteiger partial charge in [-0.25, -0.2) is 0 Å². The highest BCUT2D eigenvalue weighted by Gasteiger charge is 2.29. The molecule has 4 nitrogen and oxygen atoms in total. The van der Waals surface area contributed by atoms with Gasteiger partial charge in [0.2, 0.25) is 0 Å². The SMILES string of the molecule is Cc1c(C#N)c(C#N)c(C)c(-n2c3ccccc3c3ccc4c5ccccc5sc4c32)c1-n1c2ccccc2c2ccc3c4ccccc4sc3c21. The van der Waals surface area contributed by atoms with E-state index in [0.29, 0.717) is 11.1 Å². The summed E-state index contributed by atoms with van der Waals surface area (Å²) in [6, 6.07) is 48.4. The number of fused-ring (bicyclic) bond motifs is 14.